The Morgan fingerprint density at radius 1 is 0.971 bits per heavy atom. The molecule has 0 spiro atoms. The van der Waals surface area contributed by atoms with E-state index in [0.29, 0.717) is 48.8 Å². The van der Waals surface area contributed by atoms with Crippen LogP contribution >= 0.6 is 23.2 Å². The van der Waals surface area contributed by atoms with Gasteiger partial charge < -0.3 is 14.5 Å². The first-order valence-electron chi connectivity index (χ1n) is 10.6. The van der Waals surface area contributed by atoms with Crippen LogP contribution in [0, 0.1) is 0 Å². The van der Waals surface area contributed by atoms with Crippen molar-refractivity contribution in [2.75, 3.05) is 37.0 Å². The van der Waals surface area contributed by atoms with Crippen LogP contribution in [0.2, 0.25) is 5.15 Å². The van der Waals surface area contributed by atoms with E-state index in [1.54, 1.807) is 53.4 Å². The molecule has 0 bridgehead atoms. The van der Waals surface area contributed by atoms with Crippen LogP contribution in [0.25, 0.3) is 11.0 Å². The summed E-state index contributed by atoms with van der Waals surface area (Å²) in [5.41, 5.74) is 1.37. The van der Waals surface area contributed by atoms with Crippen LogP contribution in [-0.2, 0) is 9.53 Å². The Bertz CT molecular complexity index is 1300. The van der Waals surface area contributed by atoms with Crippen molar-refractivity contribution in [3.05, 3.63) is 64.8 Å². The second-order valence-corrected chi connectivity index (χ2v) is 8.50. The summed E-state index contributed by atoms with van der Waals surface area (Å²) in [7, 11) is 0. The van der Waals surface area contributed by atoms with Crippen molar-refractivity contribution in [1.82, 2.24) is 19.8 Å². The number of nitrogens with zero attached hydrogens (tertiary/aromatic N) is 5. The largest absolute Gasteiger partial charge is 0.420 e. The van der Waals surface area contributed by atoms with Gasteiger partial charge in [-0.2, -0.15) is 0 Å². The first-order chi connectivity index (χ1) is 16.5. The third-order valence-corrected chi connectivity index (χ3v) is 6.32. The maximum atomic E-state index is 13.3. The Labute approximate surface area is 204 Å². The van der Waals surface area contributed by atoms with Gasteiger partial charge in [-0.1, -0.05) is 29.8 Å². The Morgan fingerprint density at radius 3 is 2.44 bits per heavy atom. The molecule has 2 aliphatic heterocycles. The molecule has 174 valence electrons. The van der Waals surface area contributed by atoms with E-state index in [-0.39, 0.29) is 22.8 Å². The summed E-state index contributed by atoms with van der Waals surface area (Å²) < 4.78 is 5.85. The summed E-state index contributed by atoms with van der Waals surface area (Å²) >= 11 is 11.6. The molecule has 1 aromatic carbocycles. The number of fused-ring (bicyclic) bond motifs is 2. The number of amides is 3. The molecule has 0 saturated carbocycles. The molecule has 1 fully saturated rings. The van der Waals surface area contributed by atoms with Gasteiger partial charge in [0.15, 0.2) is 5.65 Å². The third-order valence-electron chi connectivity index (χ3n) is 5.88. The average Bonchev–Trinajstić information content (AvgIpc) is 3.14. The lowest BCUT2D eigenvalue weighted by Gasteiger charge is -2.35. The number of piperazine rings is 1. The molecular weight excluding hydrogens is 481 g/mol. The van der Waals surface area contributed by atoms with E-state index in [1.807, 2.05) is 0 Å². The molecule has 11 heteroatoms. The maximum absolute atomic E-state index is 13.3. The molecule has 1 atom stereocenters. The van der Waals surface area contributed by atoms with E-state index in [2.05, 4.69) is 9.97 Å². The number of aromatic nitrogens is 2. The lowest BCUT2D eigenvalue weighted by Crippen LogP contribution is -2.51. The van der Waals surface area contributed by atoms with Crippen molar-refractivity contribution in [1.29, 1.82) is 0 Å². The molecule has 1 unspecified atom stereocenters. The highest BCUT2D eigenvalue weighted by Crippen LogP contribution is 2.38. The van der Waals surface area contributed by atoms with E-state index in [4.69, 9.17) is 27.9 Å². The van der Waals surface area contributed by atoms with Crippen LogP contribution < -0.4 is 4.90 Å². The van der Waals surface area contributed by atoms with Crippen LogP contribution in [0.1, 0.15) is 22.1 Å². The van der Waals surface area contributed by atoms with Gasteiger partial charge in [-0.05, 0) is 30.3 Å². The fourth-order valence-electron chi connectivity index (χ4n) is 4.12. The monoisotopic (exact) mass is 499 g/mol. The Kier molecular flexibility index (Phi) is 5.97. The number of rotatable bonds is 3. The van der Waals surface area contributed by atoms with Gasteiger partial charge in [0.2, 0.25) is 12.1 Å². The van der Waals surface area contributed by atoms with Gasteiger partial charge >= 0.3 is 6.09 Å². The third kappa shape index (κ3) is 4.01. The maximum Gasteiger partial charge on any atom is 0.412 e. The zero-order valence-corrected chi connectivity index (χ0v) is 19.4. The first-order valence-corrected chi connectivity index (χ1v) is 11.5. The molecule has 9 nitrogen and oxygen atoms in total. The number of hydrogen-bond donors (Lipinski definition) is 0. The second-order valence-electron chi connectivity index (χ2n) is 7.85. The topological polar surface area (TPSA) is 95.9 Å². The Morgan fingerprint density at radius 2 is 1.68 bits per heavy atom. The van der Waals surface area contributed by atoms with Crippen LogP contribution in [0.5, 0.6) is 0 Å². The highest BCUT2D eigenvalue weighted by Gasteiger charge is 2.42. The number of carbonyl (C=O) groups is 3. The molecule has 0 aliphatic carbocycles. The van der Waals surface area contributed by atoms with Gasteiger partial charge in [0.25, 0.3) is 5.91 Å². The predicted molar refractivity (Wildman–Crippen MR) is 126 cm³/mol. The average molecular weight is 500 g/mol. The van der Waals surface area contributed by atoms with Gasteiger partial charge in [-0.25, -0.2) is 14.8 Å². The number of hydrogen-bond acceptors (Lipinski definition) is 6. The summed E-state index contributed by atoms with van der Waals surface area (Å²) in [5.74, 6) is -0.315. The van der Waals surface area contributed by atoms with Crippen molar-refractivity contribution in [3.63, 3.8) is 0 Å². The van der Waals surface area contributed by atoms with Crippen LogP contribution in [0.4, 0.5) is 10.6 Å². The van der Waals surface area contributed by atoms with E-state index < -0.39 is 12.3 Å². The standard InChI is InChI=1S/C23H19Cl2N5O4/c24-13-19(31)28-9-11-29(12-10-28)23(33)34-22-16-4-2-1-3-15(16)21(32)30(22)18-8-6-14-5-7-17(25)26-20(14)27-18/h1-8,22H,9-13H2. The molecule has 2 aromatic heterocycles. The molecule has 5 rings (SSSR count). The number of carbonyl (C=O) groups excluding carboxylic acids is 3. The smallest absolute Gasteiger partial charge is 0.412 e. The van der Waals surface area contributed by atoms with Crippen molar-refractivity contribution >= 4 is 58.0 Å². The highest BCUT2D eigenvalue weighted by molar-refractivity contribution is 6.29. The number of halogens is 2. The predicted octanol–water partition coefficient (Wildman–Crippen LogP) is 3.46. The SMILES string of the molecule is O=C(CCl)N1CCN(C(=O)OC2c3ccccc3C(=O)N2c2ccc3ccc(Cl)nc3n2)CC1. The van der Waals surface area contributed by atoms with Crippen molar-refractivity contribution < 1.29 is 19.1 Å². The molecule has 0 N–H and O–H groups in total. The minimum Gasteiger partial charge on any atom is -0.420 e. The lowest BCUT2D eigenvalue weighted by atomic mass is 10.1. The quantitative estimate of drug-likeness (QED) is 0.404. The van der Waals surface area contributed by atoms with Crippen LogP contribution in [0.15, 0.2) is 48.5 Å². The van der Waals surface area contributed by atoms with Gasteiger partial charge in [-0.15, -0.1) is 11.6 Å². The summed E-state index contributed by atoms with van der Waals surface area (Å²) in [6.45, 7) is 1.34. The van der Waals surface area contributed by atoms with E-state index in [9.17, 15) is 14.4 Å². The molecule has 1 saturated heterocycles. The number of pyridine rings is 2. The minimum atomic E-state index is -0.997. The number of ether oxygens (including phenoxy) is 1. The zero-order chi connectivity index (χ0) is 23.8. The first kappa shape index (κ1) is 22.4. The number of alkyl halides is 1. The number of benzene rings is 1. The minimum absolute atomic E-state index is 0.0980. The van der Waals surface area contributed by atoms with Crippen LogP contribution in [-0.4, -0.2) is 69.7 Å². The van der Waals surface area contributed by atoms with E-state index in [0.717, 1.165) is 5.39 Å². The summed E-state index contributed by atoms with van der Waals surface area (Å²) in [5, 5.41) is 1.04. The van der Waals surface area contributed by atoms with E-state index >= 15 is 0 Å². The van der Waals surface area contributed by atoms with Gasteiger partial charge in [0, 0.05) is 42.7 Å². The molecule has 3 aromatic rings. The molecule has 0 radical (unpaired) electrons. The van der Waals surface area contributed by atoms with Crippen molar-refractivity contribution in [2.24, 2.45) is 0 Å². The van der Waals surface area contributed by atoms with Crippen molar-refractivity contribution in [2.45, 2.75) is 6.23 Å². The highest BCUT2D eigenvalue weighted by atomic mass is 35.5. The molecule has 2 aliphatic rings. The fraction of sp³-hybridized carbons (Fsp3) is 0.261. The van der Waals surface area contributed by atoms with Crippen LogP contribution in [0.3, 0.4) is 0 Å². The molecule has 34 heavy (non-hydrogen) atoms. The fourth-order valence-corrected chi connectivity index (χ4v) is 4.43. The van der Waals surface area contributed by atoms with Crippen molar-refractivity contribution in [3.8, 4) is 0 Å². The van der Waals surface area contributed by atoms with Gasteiger partial charge in [0.1, 0.15) is 16.9 Å². The lowest BCUT2D eigenvalue weighted by molar-refractivity contribution is -0.130. The van der Waals surface area contributed by atoms with Gasteiger partial charge in [-0.3, -0.25) is 14.5 Å². The summed E-state index contributed by atoms with van der Waals surface area (Å²) in [4.78, 5) is 51.3. The summed E-state index contributed by atoms with van der Waals surface area (Å²) in [6.07, 6.45) is -1.58. The van der Waals surface area contributed by atoms with E-state index in [1.165, 1.54) is 9.80 Å². The Balaban J connectivity index is 1.43. The summed E-state index contributed by atoms with van der Waals surface area (Å²) in [6, 6.07) is 13.9. The molecule has 4 heterocycles. The van der Waals surface area contributed by atoms with Gasteiger partial charge in [0.05, 0.1) is 0 Å². The second kappa shape index (κ2) is 9.08. The molecular formula is C23H19Cl2N5O4. The number of anilines is 1. The zero-order valence-electron chi connectivity index (χ0n) is 17.9. The Hall–Kier alpha value is -3.43. The normalized spacial score (nSPS) is 17.8. The molecule has 3 amide bonds.